The first-order valence-electron chi connectivity index (χ1n) is 8.88. The van der Waals surface area contributed by atoms with Gasteiger partial charge in [0.1, 0.15) is 6.04 Å². The highest BCUT2D eigenvalue weighted by Gasteiger charge is 2.66. The maximum atomic E-state index is 13.1. The Morgan fingerprint density at radius 2 is 2.07 bits per heavy atom. The number of halogens is 1. The van der Waals surface area contributed by atoms with Gasteiger partial charge in [0.2, 0.25) is 11.8 Å². The first-order valence-corrected chi connectivity index (χ1v) is 9.96. The van der Waals surface area contributed by atoms with Gasteiger partial charge in [0.25, 0.3) is 0 Å². The number of hydrogen-bond acceptors (Lipinski definition) is 6. The fourth-order valence-corrected chi connectivity index (χ4v) is 4.67. The average molecular weight is 506 g/mol. The fraction of sp³-hybridized carbons (Fsp3) is 0.300. The summed E-state index contributed by atoms with van der Waals surface area (Å²) in [5, 5.41) is 10.3. The molecule has 2 aliphatic heterocycles. The highest BCUT2D eigenvalue weighted by Crippen LogP contribution is 2.53. The zero-order valence-electron chi connectivity index (χ0n) is 15.5. The Morgan fingerprint density at radius 3 is 2.62 bits per heavy atom. The minimum atomic E-state index is -1.74. The molecular formula is C20H19IN4O4. The van der Waals surface area contributed by atoms with E-state index in [9.17, 15) is 19.6 Å². The SMILES string of the molecule is CCOC(=O)[C@@]1(C#N)[C@@H]2C=CC(C(N)=O)=CN2[C@@H](C(N)=O)[C@@H]1c1cccc(I)c1. The van der Waals surface area contributed by atoms with Gasteiger partial charge in [0.15, 0.2) is 5.41 Å². The molecule has 0 aliphatic carbocycles. The largest absolute Gasteiger partial charge is 0.465 e. The number of esters is 1. The van der Waals surface area contributed by atoms with Gasteiger partial charge in [-0.05, 0) is 53.3 Å². The van der Waals surface area contributed by atoms with Crippen LogP contribution in [0.3, 0.4) is 0 Å². The maximum Gasteiger partial charge on any atom is 0.329 e. The summed E-state index contributed by atoms with van der Waals surface area (Å²) in [7, 11) is 0. The van der Waals surface area contributed by atoms with E-state index in [1.165, 1.54) is 23.3 Å². The Kier molecular flexibility index (Phi) is 5.66. The first-order chi connectivity index (χ1) is 13.8. The van der Waals surface area contributed by atoms with Gasteiger partial charge in [-0.15, -0.1) is 0 Å². The quantitative estimate of drug-likeness (QED) is 0.450. The van der Waals surface area contributed by atoms with Gasteiger partial charge in [-0.1, -0.05) is 18.2 Å². The first kappa shape index (κ1) is 20.9. The van der Waals surface area contributed by atoms with Crippen LogP contribution in [0.2, 0.25) is 0 Å². The summed E-state index contributed by atoms with van der Waals surface area (Å²) in [4.78, 5) is 38.8. The Balaban J connectivity index is 2.30. The molecule has 2 heterocycles. The molecule has 150 valence electrons. The summed E-state index contributed by atoms with van der Waals surface area (Å²) in [6.07, 6.45) is 4.37. The van der Waals surface area contributed by atoms with Crippen molar-refractivity contribution < 1.29 is 19.1 Å². The highest BCUT2D eigenvalue weighted by molar-refractivity contribution is 14.1. The van der Waals surface area contributed by atoms with Crippen molar-refractivity contribution in [1.82, 2.24) is 4.90 Å². The molecule has 1 fully saturated rings. The van der Waals surface area contributed by atoms with E-state index in [1.807, 2.05) is 6.07 Å². The van der Waals surface area contributed by atoms with E-state index in [4.69, 9.17) is 16.2 Å². The number of amides is 2. The Hall–Kier alpha value is -2.87. The normalized spacial score (nSPS) is 27.6. The molecular weight excluding hydrogens is 487 g/mol. The topological polar surface area (TPSA) is 140 Å². The van der Waals surface area contributed by atoms with Crippen molar-refractivity contribution in [1.29, 1.82) is 5.26 Å². The molecule has 3 rings (SSSR count). The molecule has 4 atom stereocenters. The third-order valence-electron chi connectivity index (χ3n) is 5.24. The predicted octanol–water partition coefficient (Wildman–Crippen LogP) is 0.925. The predicted molar refractivity (Wildman–Crippen MR) is 112 cm³/mol. The molecule has 2 aliphatic rings. The van der Waals surface area contributed by atoms with Gasteiger partial charge in [-0.2, -0.15) is 5.26 Å². The second-order valence-corrected chi connectivity index (χ2v) is 8.03. The Labute approximate surface area is 181 Å². The lowest BCUT2D eigenvalue weighted by molar-refractivity contribution is -0.153. The zero-order valence-corrected chi connectivity index (χ0v) is 17.7. The summed E-state index contributed by atoms with van der Waals surface area (Å²) >= 11 is 2.11. The number of benzene rings is 1. The molecule has 0 spiro atoms. The number of fused-ring (bicyclic) bond motifs is 1. The van der Waals surface area contributed by atoms with E-state index >= 15 is 0 Å². The summed E-state index contributed by atoms with van der Waals surface area (Å²) in [5.74, 6) is -3.07. The molecule has 0 unspecified atom stereocenters. The number of carbonyl (C=O) groups is 3. The van der Waals surface area contributed by atoms with Crippen LogP contribution >= 0.6 is 22.6 Å². The number of rotatable bonds is 5. The van der Waals surface area contributed by atoms with Crippen molar-refractivity contribution in [3.63, 3.8) is 0 Å². The molecule has 1 saturated heterocycles. The molecule has 9 heteroatoms. The lowest BCUT2D eigenvalue weighted by Crippen LogP contribution is -2.45. The van der Waals surface area contributed by atoms with Crippen molar-refractivity contribution in [2.45, 2.75) is 24.9 Å². The standard InChI is InChI=1S/C20H19IN4O4/c1-2-29-19(28)20(10-22)14-7-6-12(17(23)26)9-25(14)16(18(24)27)15(20)11-4-3-5-13(21)8-11/h3-9,14-16H,2H2,1H3,(H2,23,26)(H2,24,27)/t14-,15-,16+,20-/m0/s1. The minimum absolute atomic E-state index is 0.0708. The van der Waals surface area contributed by atoms with Crippen molar-refractivity contribution >= 4 is 40.4 Å². The van der Waals surface area contributed by atoms with Crippen molar-refractivity contribution in [3.05, 3.63) is 57.3 Å². The molecule has 4 N–H and O–H groups in total. The van der Waals surface area contributed by atoms with Crippen LogP contribution in [0.5, 0.6) is 0 Å². The third kappa shape index (κ3) is 3.27. The van der Waals surface area contributed by atoms with Crippen LogP contribution in [0.4, 0.5) is 0 Å². The average Bonchev–Trinajstić information content (AvgIpc) is 2.99. The van der Waals surface area contributed by atoms with Gasteiger partial charge in [0, 0.05) is 15.7 Å². The number of hydrogen-bond donors (Lipinski definition) is 2. The smallest absolute Gasteiger partial charge is 0.329 e. The van der Waals surface area contributed by atoms with E-state index < -0.39 is 41.2 Å². The molecule has 29 heavy (non-hydrogen) atoms. The monoisotopic (exact) mass is 506 g/mol. The lowest BCUT2D eigenvalue weighted by Gasteiger charge is -2.32. The summed E-state index contributed by atoms with van der Waals surface area (Å²) < 4.78 is 6.13. The highest BCUT2D eigenvalue weighted by atomic mass is 127. The van der Waals surface area contributed by atoms with Gasteiger partial charge in [-0.25, -0.2) is 0 Å². The van der Waals surface area contributed by atoms with Crippen LogP contribution in [0.15, 0.2) is 48.2 Å². The summed E-state index contributed by atoms with van der Waals surface area (Å²) in [6.45, 7) is 1.71. The van der Waals surface area contributed by atoms with E-state index in [1.54, 1.807) is 25.1 Å². The van der Waals surface area contributed by atoms with E-state index in [2.05, 4.69) is 28.7 Å². The molecule has 8 nitrogen and oxygen atoms in total. The molecule has 0 saturated carbocycles. The minimum Gasteiger partial charge on any atom is -0.465 e. The Morgan fingerprint density at radius 1 is 1.34 bits per heavy atom. The van der Waals surface area contributed by atoms with Crippen molar-refractivity contribution in [2.24, 2.45) is 16.9 Å². The maximum absolute atomic E-state index is 13.1. The fourth-order valence-electron chi connectivity index (χ4n) is 4.11. The number of nitrogens with two attached hydrogens (primary N) is 2. The molecule has 1 aromatic rings. The third-order valence-corrected chi connectivity index (χ3v) is 5.91. The molecule has 2 amide bonds. The second-order valence-electron chi connectivity index (χ2n) is 6.78. The zero-order chi connectivity index (χ0) is 21.3. The van der Waals surface area contributed by atoms with E-state index in [0.29, 0.717) is 5.56 Å². The van der Waals surface area contributed by atoms with Gasteiger partial charge in [-0.3, -0.25) is 14.4 Å². The molecule has 0 bridgehead atoms. The lowest BCUT2D eigenvalue weighted by atomic mass is 9.68. The van der Waals surface area contributed by atoms with E-state index in [0.717, 1.165) is 3.57 Å². The second kappa shape index (κ2) is 7.87. The number of nitriles is 1. The van der Waals surface area contributed by atoms with Gasteiger partial charge < -0.3 is 21.1 Å². The molecule has 0 aromatic heterocycles. The summed E-state index contributed by atoms with van der Waals surface area (Å²) in [5.41, 5.74) is 10.1. The number of primary amides is 2. The number of nitrogens with zero attached hydrogens (tertiary/aromatic N) is 2. The van der Waals surface area contributed by atoms with Crippen LogP contribution in [-0.2, 0) is 19.1 Å². The van der Waals surface area contributed by atoms with Crippen LogP contribution in [-0.4, -0.2) is 41.4 Å². The summed E-state index contributed by atoms with van der Waals surface area (Å²) in [6, 6.07) is 7.41. The van der Waals surface area contributed by atoms with Gasteiger partial charge >= 0.3 is 5.97 Å². The van der Waals surface area contributed by atoms with Crippen LogP contribution in [0.1, 0.15) is 18.4 Å². The van der Waals surface area contributed by atoms with Crippen molar-refractivity contribution in [2.75, 3.05) is 6.61 Å². The van der Waals surface area contributed by atoms with Crippen LogP contribution < -0.4 is 11.5 Å². The molecule has 0 radical (unpaired) electrons. The number of carbonyl (C=O) groups excluding carboxylic acids is 3. The van der Waals surface area contributed by atoms with E-state index in [-0.39, 0.29) is 12.2 Å². The van der Waals surface area contributed by atoms with Crippen LogP contribution in [0.25, 0.3) is 0 Å². The van der Waals surface area contributed by atoms with Crippen molar-refractivity contribution in [3.8, 4) is 6.07 Å². The molecule has 1 aromatic carbocycles. The van der Waals surface area contributed by atoms with Gasteiger partial charge in [0.05, 0.1) is 24.3 Å². The number of ether oxygens (including phenoxy) is 1. The Bertz CT molecular complexity index is 983. The van der Waals surface area contributed by atoms with Crippen LogP contribution in [0, 0.1) is 20.3 Å².